The van der Waals surface area contributed by atoms with E-state index in [0.717, 1.165) is 25.9 Å². The lowest BCUT2D eigenvalue weighted by Crippen LogP contribution is -2.43. The molecule has 0 radical (unpaired) electrons. The maximum atomic E-state index is 12.3. The van der Waals surface area contributed by atoms with Crippen LogP contribution in [0.15, 0.2) is 18.2 Å². The van der Waals surface area contributed by atoms with Crippen molar-refractivity contribution in [3.8, 4) is 0 Å². The number of carbonyl (C=O) groups is 1. The van der Waals surface area contributed by atoms with Crippen LogP contribution < -0.4 is 0 Å². The lowest BCUT2D eigenvalue weighted by molar-refractivity contribution is 0.0872. The minimum Gasteiger partial charge on any atom is -0.306 e. The van der Waals surface area contributed by atoms with E-state index in [1.165, 1.54) is 0 Å². The number of carbonyl (C=O) groups excluding carboxylic acids is 1. The second kappa shape index (κ2) is 6.90. The summed E-state index contributed by atoms with van der Waals surface area (Å²) in [7, 11) is 4.15. The van der Waals surface area contributed by atoms with Crippen molar-refractivity contribution >= 4 is 29.0 Å². The van der Waals surface area contributed by atoms with Crippen molar-refractivity contribution in [2.75, 3.05) is 33.7 Å². The van der Waals surface area contributed by atoms with Gasteiger partial charge in [-0.3, -0.25) is 9.69 Å². The number of nitrogens with zero attached hydrogens (tertiary/aromatic N) is 2. The Morgan fingerprint density at radius 1 is 1.35 bits per heavy atom. The summed E-state index contributed by atoms with van der Waals surface area (Å²) in [4.78, 5) is 16.8. The van der Waals surface area contributed by atoms with Gasteiger partial charge in [-0.1, -0.05) is 23.2 Å². The fraction of sp³-hybridized carbons (Fsp3) is 0.533. The van der Waals surface area contributed by atoms with Gasteiger partial charge in [-0.15, -0.1) is 0 Å². The van der Waals surface area contributed by atoms with Gasteiger partial charge in [-0.25, -0.2) is 0 Å². The zero-order valence-electron chi connectivity index (χ0n) is 11.9. The third-order valence-corrected chi connectivity index (χ3v) is 4.48. The zero-order chi connectivity index (χ0) is 14.7. The standard InChI is InChI=1S/C15H20Cl2N2O/c1-18-7-5-12(6-8-18)19(2)10-15(20)13-4-3-11(16)9-14(13)17/h3-4,9,12H,5-8,10H2,1-2H3. The average Bonchev–Trinajstić information content (AvgIpc) is 2.39. The molecule has 1 aromatic carbocycles. The lowest BCUT2D eigenvalue weighted by Gasteiger charge is -2.34. The van der Waals surface area contributed by atoms with Crippen molar-refractivity contribution in [2.45, 2.75) is 18.9 Å². The van der Waals surface area contributed by atoms with E-state index in [0.29, 0.717) is 28.2 Å². The summed E-state index contributed by atoms with van der Waals surface area (Å²) in [5.41, 5.74) is 0.552. The molecular weight excluding hydrogens is 295 g/mol. The molecule has 110 valence electrons. The van der Waals surface area contributed by atoms with Crippen LogP contribution in [-0.4, -0.2) is 55.4 Å². The molecule has 1 aromatic rings. The van der Waals surface area contributed by atoms with Crippen molar-refractivity contribution < 1.29 is 4.79 Å². The summed E-state index contributed by atoms with van der Waals surface area (Å²) in [6.07, 6.45) is 2.21. The number of piperidine rings is 1. The SMILES string of the molecule is CN1CCC(N(C)CC(=O)c2ccc(Cl)cc2Cl)CC1. The van der Waals surface area contributed by atoms with Crippen LogP contribution in [0.5, 0.6) is 0 Å². The number of halogens is 2. The third kappa shape index (κ3) is 3.95. The van der Waals surface area contributed by atoms with Crippen LogP contribution in [0.25, 0.3) is 0 Å². The van der Waals surface area contributed by atoms with Gasteiger partial charge in [-0.05, 0) is 58.2 Å². The van der Waals surface area contributed by atoms with E-state index in [1.54, 1.807) is 18.2 Å². The smallest absolute Gasteiger partial charge is 0.178 e. The third-order valence-electron chi connectivity index (χ3n) is 3.94. The molecule has 1 heterocycles. The molecule has 0 atom stereocenters. The lowest BCUT2D eigenvalue weighted by atomic mass is 10.0. The van der Waals surface area contributed by atoms with Crippen molar-refractivity contribution in [1.29, 1.82) is 0 Å². The largest absolute Gasteiger partial charge is 0.306 e. The number of likely N-dealkylation sites (tertiary alicyclic amines) is 1. The van der Waals surface area contributed by atoms with E-state index >= 15 is 0 Å². The Morgan fingerprint density at radius 3 is 2.60 bits per heavy atom. The maximum absolute atomic E-state index is 12.3. The molecule has 0 spiro atoms. The Labute approximate surface area is 130 Å². The molecule has 0 N–H and O–H groups in total. The normalized spacial score (nSPS) is 17.6. The van der Waals surface area contributed by atoms with Crippen molar-refractivity contribution in [3.05, 3.63) is 33.8 Å². The predicted molar refractivity (Wildman–Crippen MR) is 83.9 cm³/mol. The van der Waals surface area contributed by atoms with E-state index in [1.807, 2.05) is 7.05 Å². The summed E-state index contributed by atoms with van der Waals surface area (Å²) < 4.78 is 0. The first-order chi connectivity index (χ1) is 9.47. The monoisotopic (exact) mass is 314 g/mol. The number of hydrogen-bond donors (Lipinski definition) is 0. The second-order valence-electron chi connectivity index (χ2n) is 5.50. The van der Waals surface area contributed by atoms with E-state index in [4.69, 9.17) is 23.2 Å². The maximum Gasteiger partial charge on any atom is 0.178 e. The molecule has 1 saturated heterocycles. The van der Waals surface area contributed by atoms with Gasteiger partial charge in [0.2, 0.25) is 0 Å². The Hall–Kier alpha value is -0.610. The first kappa shape index (κ1) is 15.8. The fourth-order valence-electron chi connectivity index (χ4n) is 2.59. The van der Waals surface area contributed by atoms with Gasteiger partial charge in [0.05, 0.1) is 11.6 Å². The molecule has 0 amide bonds. The molecule has 1 aliphatic rings. The van der Waals surface area contributed by atoms with Gasteiger partial charge in [0.15, 0.2) is 5.78 Å². The van der Waals surface area contributed by atoms with Crippen LogP contribution in [0.4, 0.5) is 0 Å². The summed E-state index contributed by atoms with van der Waals surface area (Å²) in [5.74, 6) is 0.0492. The van der Waals surface area contributed by atoms with Crippen LogP contribution in [0.3, 0.4) is 0 Å². The highest BCUT2D eigenvalue weighted by Gasteiger charge is 2.23. The molecule has 2 rings (SSSR count). The number of rotatable bonds is 4. The topological polar surface area (TPSA) is 23.6 Å². The van der Waals surface area contributed by atoms with Gasteiger partial charge >= 0.3 is 0 Å². The Kier molecular flexibility index (Phi) is 5.44. The van der Waals surface area contributed by atoms with E-state index in [9.17, 15) is 4.79 Å². The number of hydrogen-bond acceptors (Lipinski definition) is 3. The van der Waals surface area contributed by atoms with Crippen molar-refractivity contribution in [1.82, 2.24) is 9.80 Å². The zero-order valence-corrected chi connectivity index (χ0v) is 13.4. The van der Waals surface area contributed by atoms with Crippen LogP contribution in [-0.2, 0) is 0 Å². The van der Waals surface area contributed by atoms with Crippen LogP contribution >= 0.6 is 23.2 Å². The van der Waals surface area contributed by atoms with Crippen LogP contribution in [0.2, 0.25) is 10.0 Å². The molecule has 5 heteroatoms. The molecule has 0 saturated carbocycles. The van der Waals surface area contributed by atoms with Crippen molar-refractivity contribution in [3.63, 3.8) is 0 Å². The van der Waals surface area contributed by atoms with Crippen molar-refractivity contribution in [2.24, 2.45) is 0 Å². The highest BCUT2D eigenvalue weighted by Crippen LogP contribution is 2.22. The first-order valence-corrected chi connectivity index (χ1v) is 7.60. The minimum atomic E-state index is 0.0492. The van der Waals surface area contributed by atoms with Gasteiger partial charge in [0.25, 0.3) is 0 Å². The molecule has 1 aliphatic heterocycles. The minimum absolute atomic E-state index is 0.0492. The van der Waals surface area contributed by atoms with Crippen LogP contribution in [0.1, 0.15) is 23.2 Å². The highest BCUT2D eigenvalue weighted by atomic mass is 35.5. The number of likely N-dealkylation sites (N-methyl/N-ethyl adjacent to an activating group) is 1. The first-order valence-electron chi connectivity index (χ1n) is 6.84. The Morgan fingerprint density at radius 2 is 2.00 bits per heavy atom. The molecular formula is C15H20Cl2N2O. The summed E-state index contributed by atoms with van der Waals surface area (Å²) in [5, 5.41) is 0.981. The molecule has 0 aromatic heterocycles. The number of ketones is 1. The predicted octanol–water partition coefficient (Wildman–Crippen LogP) is 3.20. The van der Waals surface area contributed by atoms with Gasteiger partial charge in [0, 0.05) is 16.6 Å². The molecule has 0 aliphatic carbocycles. The van der Waals surface area contributed by atoms with E-state index in [-0.39, 0.29) is 5.78 Å². The summed E-state index contributed by atoms with van der Waals surface area (Å²) in [6.45, 7) is 2.57. The summed E-state index contributed by atoms with van der Waals surface area (Å²) in [6, 6.07) is 5.50. The quantitative estimate of drug-likeness (QED) is 0.797. The number of benzene rings is 1. The molecule has 1 fully saturated rings. The second-order valence-corrected chi connectivity index (χ2v) is 6.34. The number of Topliss-reactive ketones (excluding diaryl/α,β-unsaturated/α-hetero) is 1. The van der Waals surface area contributed by atoms with E-state index < -0.39 is 0 Å². The van der Waals surface area contributed by atoms with E-state index in [2.05, 4.69) is 16.8 Å². The van der Waals surface area contributed by atoms with Gasteiger partial charge < -0.3 is 4.90 Å². The van der Waals surface area contributed by atoms with Gasteiger partial charge in [-0.2, -0.15) is 0 Å². The Bertz CT molecular complexity index is 485. The fourth-order valence-corrected chi connectivity index (χ4v) is 3.11. The average molecular weight is 315 g/mol. The molecule has 0 bridgehead atoms. The van der Waals surface area contributed by atoms with Crippen LogP contribution in [0, 0.1) is 0 Å². The molecule has 0 unspecified atom stereocenters. The molecule has 20 heavy (non-hydrogen) atoms. The highest BCUT2D eigenvalue weighted by molar-refractivity contribution is 6.36. The van der Waals surface area contributed by atoms with Gasteiger partial charge in [0.1, 0.15) is 0 Å². The summed E-state index contributed by atoms with van der Waals surface area (Å²) >= 11 is 11.9. The Balaban J connectivity index is 1.97. The molecule has 3 nitrogen and oxygen atoms in total.